The van der Waals surface area contributed by atoms with Gasteiger partial charge in [0.2, 0.25) is 0 Å². The largest absolute Gasteiger partial charge is 0.381 e. The summed E-state index contributed by atoms with van der Waals surface area (Å²) < 4.78 is 5.59. The molecule has 0 aromatic carbocycles. The molecule has 0 spiro atoms. The number of nitrogens with zero attached hydrogens (tertiary/aromatic N) is 2. The zero-order valence-corrected chi connectivity index (χ0v) is 17.1. The van der Waals surface area contributed by atoms with Crippen molar-refractivity contribution in [2.75, 3.05) is 46.4 Å². The van der Waals surface area contributed by atoms with Gasteiger partial charge in [0.05, 0.1) is 6.54 Å². The molecule has 1 aliphatic rings. The lowest BCUT2D eigenvalue weighted by Crippen LogP contribution is -2.39. The second kappa shape index (κ2) is 13.4. The molecule has 6 heteroatoms. The molecular formula is C16H35IN4O. The summed E-state index contributed by atoms with van der Waals surface area (Å²) in [7, 11) is 2.19. The van der Waals surface area contributed by atoms with Crippen molar-refractivity contribution in [2.45, 2.75) is 46.1 Å². The molecule has 2 N–H and O–H groups in total. The number of likely N-dealkylation sites (tertiary alicyclic amines) is 1. The number of rotatable bonds is 9. The number of guanidine groups is 1. The van der Waals surface area contributed by atoms with Crippen LogP contribution in [-0.2, 0) is 4.74 Å². The summed E-state index contributed by atoms with van der Waals surface area (Å²) in [5.74, 6) is 1.54. The van der Waals surface area contributed by atoms with E-state index in [2.05, 4.69) is 43.4 Å². The standard InChI is InChI=1S/C16H34N4O.HI/c1-5-17-16(18-9-7-11-21-13-14(2)3)19-12-15-8-6-10-20(15)4;/h14-15H,5-13H2,1-4H3,(H2,17,18,19);1H. The Morgan fingerprint density at radius 2 is 2.14 bits per heavy atom. The van der Waals surface area contributed by atoms with Crippen molar-refractivity contribution in [3.63, 3.8) is 0 Å². The molecule has 1 fully saturated rings. The van der Waals surface area contributed by atoms with Gasteiger partial charge in [0.15, 0.2) is 5.96 Å². The molecule has 1 atom stereocenters. The van der Waals surface area contributed by atoms with Gasteiger partial charge in [-0.3, -0.25) is 4.99 Å². The molecule has 1 aliphatic heterocycles. The van der Waals surface area contributed by atoms with E-state index in [-0.39, 0.29) is 24.0 Å². The summed E-state index contributed by atoms with van der Waals surface area (Å²) in [6.45, 7) is 12.0. The average molecular weight is 426 g/mol. The number of nitrogens with one attached hydrogen (secondary N) is 2. The lowest BCUT2D eigenvalue weighted by atomic mass is 10.2. The molecule has 0 radical (unpaired) electrons. The molecule has 0 aliphatic carbocycles. The maximum absolute atomic E-state index is 5.59. The lowest BCUT2D eigenvalue weighted by Gasteiger charge is -2.18. The molecule has 1 saturated heterocycles. The second-order valence-electron chi connectivity index (χ2n) is 6.25. The van der Waals surface area contributed by atoms with Crippen molar-refractivity contribution in [1.29, 1.82) is 0 Å². The molecule has 0 saturated carbocycles. The van der Waals surface area contributed by atoms with Gasteiger partial charge in [-0.2, -0.15) is 0 Å². The van der Waals surface area contributed by atoms with E-state index in [0.29, 0.717) is 12.0 Å². The first-order chi connectivity index (χ1) is 10.1. The van der Waals surface area contributed by atoms with E-state index in [0.717, 1.165) is 45.2 Å². The monoisotopic (exact) mass is 426 g/mol. The fraction of sp³-hybridized carbons (Fsp3) is 0.938. The van der Waals surface area contributed by atoms with Gasteiger partial charge in [-0.05, 0) is 45.7 Å². The number of halogens is 1. The molecule has 132 valence electrons. The van der Waals surface area contributed by atoms with E-state index in [1.807, 2.05) is 0 Å². The van der Waals surface area contributed by atoms with Crippen LogP contribution in [0.2, 0.25) is 0 Å². The van der Waals surface area contributed by atoms with Gasteiger partial charge >= 0.3 is 0 Å². The Bertz CT molecular complexity index is 300. The van der Waals surface area contributed by atoms with Crippen LogP contribution < -0.4 is 10.6 Å². The molecule has 5 nitrogen and oxygen atoms in total. The second-order valence-corrected chi connectivity index (χ2v) is 6.25. The van der Waals surface area contributed by atoms with Crippen LogP contribution in [0.3, 0.4) is 0 Å². The molecule has 22 heavy (non-hydrogen) atoms. The van der Waals surface area contributed by atoms with Crippen LogP contribution in [0.25, 0.3) is 0 Å². The predicted octanol–water partition coefficient (Wildman–Crippen LogP) is 2.32. The van der Waals surface area contributed by atoms with Crippen LogP contribution >= 0.6 is 24.0 Å². The van der Waals surface area contributed by atoms with E-state index in [9.17, 15) is 0 Å². The van der Waals surface area contributed by atoms with Crippen molar-refractivity contribution >= 4 is 29.9 Å². The normalized spacial score (nSPS) is 19.3. The van der Waals surface area contributed by atoms with Crippen molar-refractivity contribution in [1.82, 2.24) is 15.5 Å². The topological polar surface area (TPSA) is 48.9 Å². The molecule has 0 amide bonds. The zero-order valence-electron chi connectivity index (χ0n) is 14.7. The summed E-state index contributed by atoms with van der Waals surface area (Å²) in [5, 5.41) is 6.70. The first-order valence-corrected chi connectivity index (χ1v) is 8.43. The van der Waals surface area contributed by atoms with E-state index in [1.165, 1.54) is 19.4 Å². The Kier molecular flexibility index (Phi) is 13.3. The van der Waals surface area contributed by atoms with Gasteiger partial charge in [0, 0.05) is 32.3 Å². The Balaban J connectivity index is 0.00000441. The van der Waals surface area contributed by atoms with Gasteiger partial charge < -0.3 is 20.3 Å². The molecule has 0 aromatic heterocycles. The first-order valence-electron chi connectivity index (χ1n) is 8.43. The minimum Gasteiger partial charge on any atom is -0.381 e. The van der Waals surface area contributed by atoms with Crippen molar-refractivity contribution in [2.24, 2.45) is 10.9 Å². The summed E-state index contributed by atoms with van der Waals surface area (Å²) in [6, 6.07) is 0.606. The highest BCUT2D eigenvalue weighted by atomic mass is 127. The third-order valence-corrected chi connectivity index (χ3v) is 3.68. The maximum Gasteiger partial charge on any atom is 0.191 e. The zero-order chi connectivity index (χ0) is 15.5. The number of hydrogen-bond donors (Lipinski definition) is 2. The summed E-state index contributed by atoms with van der Waals surface area (Å²) in [4.78, 5) is 7.11. The van der Waals surface area contributed by atoms with Gasteiger partial charge in [-0.15, -0.1) is 24.0 Å². The molecule has 0 aromatic rings. The molecule has 1 unspecified atom stereocenters. The summed E-state index contributed by atoms with van der Waals surface area (Å²) >= 11 is 0. The number of hydrogen-bond acceptors (Lipinski definition) is 3. The Morgan fingerprint density at radius 3 is 2.73 bits per heavy atom. The van der Waals surface area contributed by atoms with Crippen molar-refractivity contribution in [3.05, 3.63) is 0 Å². The van der Waals surface area contributed by atoms with Crippen LogP contribution in [0.15, 0.2) is 4.99 Å². The quantitative estimate of drug-likeness (QED) is 0.257. The van der Waals surface area contributed by atoms with E-state index >= 15 is 0 Å². The predicted molar refractivity (Wildman–Crippen MR) is 105 cm³/mol. The van der Waals surface area contributed by atoms with Gasteiger partial charge in [-0.1, -0.05) is 13.8 Å². The summed E-state index contributed by atoms with van der Waals surface area (Å²) in [6.07, 6.45) is 3.58. The van der Waals surface area contributed by atoms with Gasteiger partial charge in [0.1, 0.15) is 0 Å². The Hall–Kier alpha value is -0.0800. The Labute approximate surface area is 153 Å². The van der Waals surface area contributed by atoms with Crippen LogP contribution in [0, 0.1) is 5.92 Å². The van der Waals surface area contributed by atoms with Crippen molar-refractivity contribution < 1.29 is 4.74 Å². The molecule has 1 rings (SSSR count). The third kappa shape index (κ3) is 9.84. The smallest absolute Gasteiger partial charge is 0.191 e. The van der Waals surface area contributed by atoms with Crippen LogP contribution in [0.4, 0.5) is 0 Å². The highest BCUT2D eigenvalue weighted by Gasteiger charge is 2.20. The highest BCUT2D eigenvalue weighted by Crippen LogP contribution is 2.14. The van der Waals surface area contributed by atoms with E-state index < -0.39 is 0 Å². The minimum atomic E-state index is 0. The molecule has 1 heterocycles. The SMILES string of the molecule is CCNC(=NCC1CCCN1C)NCCCOCC(C)C.I. The number of likely N-dealkylation sites (N-methyl/N-ethyl adjacent to an activating group) is 1. The average Bonchev–Trinajstić information content (AvgIpc) is 2.85. The Morgan fingerprint density at radius 1 is 1.36 bits per heavy atom. The first kappa shape index (κ1) is 21.9. The van der Waals surface area contributed by atoms with Gasteiger partial charge in [0.25, 0.3) is 0 Å². The van der Waals surface area contributed by atoms with Gasteiger partial charge in [-0.25, -0.2) is 0 Å². The van der Waals surface area contributed by atoms with E-state index in [1.54, 1.807) is 0 Å². The molecule has 0 bridgehead atoms. The lowest BCUT2D eigenvalue weighted by molar-refractivity contribution is 0.108. The highest BCUT2D eigenvalue weighted by molar-refractivity contribution is 14.0. The fourth-order valence-corrected chi connectivity index (χ4v) is 2.45. The van der Waals surface area contributed by atoms with Crippen molar-refractivity contribution in [3.8, 4) is 0 Å². The number of ether oxygens (including phenoxy) is 1. The fourth-order valence-electron chi connectivity index (χ4n) is 2.45. The maximum atomic E-state index is 5.59. The molecular weight excluding hydrogens is 391 g/mol. The third-order valence-electron chi connectivity index (χ3n) is 3.68. The van der Waals surface area contributed by atoms with Crippen LogP contribution in [0.1, 0.15) is 40.0 Å². The summed E-state index contributed by atoms with van der Waals surface area (Å²) in [5.41, 5.74) is 0. The minimum absolute atomic E-state index is 0. The van der Waals surface area contributed by atoms with Crippen LogP contribution in [-0.4, -0.2) is 63.3 Å². The number of aliphatic imine (C=N–C) groups is 1. The van der Waals surface area contributed by atoms with Crippen LogP contribution in [0.5, 0.6) is 0 Å². The van der Waals surface area contributed by atoms with E-state index in [4.69, 9.17) is 9.73 Å².